The zero-order valence-corrected chi connectivity index (χ0v) is 9.15. The first-order chi connectivity index (χ1) is 8.08. The van der Waals surface area contributed by atoms with Crippen LogP contribution in [0.25, 0.3) is 0 Å². The van der Waals surface area contributed by atoms with Crippen molar-refractivity contribution in [1.82, 2.24) is 4.98 Å². The number of hydrogen-bond acceptors (Lipinski definition) is 4. The van der Waals surface area contributed by atoms with E-state index in [1.165, 1.54) is 11.2 Å². The number of aromatic nitrogens is 1. The molecule has 0 saturated carbocycles. The molecular weight excluding hydrogens is 228 g/mol. The summed E-state index contributed by atoms with van der Waals surface area (Å²) in [6.45, 7) is 0.394. The van der Waals surface area contributed by atoms with Crippen molar-refractivity contribution >= 4 is 11.6 Å². The molecule has 0 radical (unpaired) electrons. The number of nitrogens with two attached hydrogens (primary N) is 1. The minimum absolute atomic E-state index is 0.00472. The SMILES string of the molecule is CN(Cc1ccoc1)c1nc(N)c(F)cc1F. The van der Waals surface area contributed by atoms with E-state index in [2.05, 4.69) is 4.98 Å². The van der Waals surface area contributed by atoms with Crippen LogP contribution in [-0.2, 0) is 6.54 Å². The number of rotatable bonds is 3. The first-order valence-electron chi connectivity index (χ1n) is 4.91. The van der Waals surface area contributed by atoms with Crippen molar-refractivity contribution in [2.24, 2.45) is 0 Å². The molecular formula is C11H11F2N3O. The van der Waals surface area contributed by atoms with Crippen LogP contribution in [0.15, 0.2) is 29.1 Å². The van der Waals surface area contributed by atoms with Crippen molar-refractivity contribution < 1.29 is 13.2 Å². The maximum Gasteiger partial charge on any atom is 0.168 e. The molecule has 2 aromatic rings. The van der Waals surface area contributed by atoms with E-state index in [1.807, 2.05) is 0 Å². The third-order valence-electron chi connectivity index (χ3n) is 2.30. The molecule has 90 valence electrons. The minimum Gasteiger partial charge on any atom is -0.472 e. The van der Waals surface area contributed by atoms with Gasteiger partial charge in [0.15, 0.2) is 23.3 Å². The zero-order chi connectivity index (χ0) is 12.4. The van der Waals surface area contributed by atoms with E-state index >= 15 is 0 Å². The monoisotopic (exact) mass is 239 g/mol. The molecule has 0 atom stereocenters. The molecule has 2 N–H and O–H groups in total. The Kier molecular flexibility index (Phi) is 2.95. The third kappa shape index (κ3) is 2.35. The van der Waals surface area contributed by atoms with Crippen LogP contribution in [0.2, 0.25) is 0 Å². The summed E-state index contributed by atoms with van der Waals surface area (Å²) < 4.78 is 31.3. The smallest absolute Gasteiger partial charge is 0.168 e. The first kappa shape index (κ1) is 11.4. The van der Waals surface area contributed by atoms with Crippen molar-refractivity contribution in [1.29, 1.82) is 0 Å². The molecule has 4 nitrogen and oxygen atoms in total. The largest absolute Gasteiger partial charge is 0.472 e. The molecule has 0 aliphatic rings. The van der Waals surface area contributed by atoms with E-state index in [1.54, 1.807) is 19.4 Å². The van der Waals surface area contributed by atoms with E-state index in [9.17, 15) is 8.78 Å². The van der Waals surface area contributed by atoms with Gasteiger partial charge in [0, 0.05) is 25.2 Å². The van der Waals surface area contributed by atoms with Crippen LogP contribution in [-0.4, -0.2) is 12.0 Å². The van der Waals surface area contributed by atoms with Crippen LogP contribution in [0.4, 0.5) is 20.4 Å². The molecule has 0 aromatic carbocycles. The topological polar surface area (TPSA) is 55.3 Å². The molecule has 0 fully saturated rings. The second kappa shape index (κ2) is 4.40. The molecule has 6 heteroatoms. The highest BCUT2D eigenvalue weighted by molar-refractivity contribution is 5.46. The van der Waals surface area contributed by atoms with Crippen LogP contribution in [0.5, 0.6) is 0 Å². The summed E-state index contributed by atoms with van der Waals surface area (Å²) in [5.74, 6) is -1.92. The summed E-state index contributed by atoms with van der Waals surface area (Å²) in [5.41, 5.74) is 6.16. The average molecular weight is 239 g/mol. The zero-order valence-electron chi connectivity index (χ0n) is 9.15. The molecule has 0 bridgehead atoms. The fraction of sp³-hybridized carbons (Fsp3) is 0.182. The highest BCUT2D eigenvalue weighted by atomic mass is 19.1. The van der Waals surface area contributed by atoms with Crippen molar-refractivity contribution in [3.63, 3.8) is 0 Å². The predicted molar refractivity (Wildman–Crippen MR) is 59.4 cm³/mol. The number of anilines is 2. The lowest BCUT2D eigenvalue weighted by Crippen LogP contribution is -2.19. The Labute approximate surface area is 96.7 Å². The van der Waals surface area contributed by atoms with Gasteiger partial charge in [0.2, 0.25) is 0 Å². The second-order valence-corrected chi connectivity index (χ2v) is 3.65. The van der Waals surface area contributed by atoms with Crippen LogP contribution in [0, 0.1) is 11.6 Å². The standard InChI is InChI=1S/C11H11F2N3O/c1-16(5-7-2-3-17-6-7)11-9(13)4-8(12)10(14)15-11/h2-4,6H,5H2,1H3,(H2,14,15). The Bertz CT molecular complexity index is 514. The molecule has 0 spiro atoms. The molecule has 0 aliphatic heterocycles. The van der Waals surface area contributed by atoms with Gasteiger partial charge in [0.1, 0.15) is 0 Å². The van der Waals surface area contributed by atoms with Crippen LogP contribution in [0.1, 0.15) is 5.56 Å². The van der Waals surface area contributed by atoms with Gasteiger partial charge in [-0.25, -0.2) is 13.8 Å². The van der Waals surface area contributed by atoms with Gasteiger partial charge in [-0.3, -0.25) is 0 Å². The van der Waals surface area contributed by atoms with Crippen LogP contribution < -0.4 is 10.6 Å². The number of hydrogen-bond donors (Lipinski definition) is 1. The molecule has 0 amide bonds. The maximum atomic E-state index is 13.5. The van der Waals surface area contributed by atoms with Gasteiger partial charge < -0.3 is 15.1 Å². The fourth-order valence-corrected chi connectivity index (χ4v) is 1.47. The van der Waals surface area contributed by atoms with Gasteiger partial charge >= 0.3 is 0 Å². The molecule has 0 aliphatic carbocycles. The quantitative estimate of drug-likeness (QED) is 0.891. The van der Waals surface area contributed by atoms with E-state index in [0.29, 0.717) is 6.54 Å². The number of nitrogens with zero attached hydrogens (tertiary/aromatic N) is 2. The highest BCUT2D eigenvalue weighted by Crippen LogP contribution is 2.21. The number of pyridine rings is 1. The number of furan rings is 1. The average Bonchev–Trinajstić information content (AvgIpc) is 2.76. The predicted octanol–water partition coefficient (Wildman–Crippen LogP) is 2.17. The van der Waals surface area contributed by atoms with Gasteiger partial charge in [0.25, 0.3) is 0 Å². The van der Waals surface area contributed by atoms with Gasteiger partial charge in [-0.1, -0.05) is 0 Å². The van der Waals surface area contributed by atoms with Gasteiger partial charge in [-0.15, -0.1) is 0 Å². The van der Waals surface area contributed by atoms with E-state index in [-0.39, 0.29) is 11.6 Å². The van der Waals surface area contributed by atoms with Crippen molar-refractivity contribution in [3.05, 3.63) is 41.9 Å². The van der Waals surface area contributed by atoms with Crippen LogP contribution >= 0.6 is 0 Å². The van der Waals surface area contributed by atoms with Gasteiger partial charge in [0.05, 0.1) is 12.5 Å². The molecule has 2 rings (SSSR count). The normalized spacial score (nSPS) is 10.5. The maximum absolute atomic E-state index is 13.5. The van der Waals surface area contributed by atoms with Crippen molar-refractivity contribution in [3.8, 4) is 0 Å². The summed E-state index contributed by atoms with van der Waals surface area (Å²) in [5, 5.41) is 0. The van der Waals surface area contributed by atoms with E-state index in [0.717, 1.165) is 11.6 Å². The third-order valence-corrected chi connectivity index (χ3v) is 2.30. The van der Waals surface area contributed by atoms with E-state index in [4.69, 9.17) is 10.2 Å². The molecule has 0 saturated heterocycles. The molecule has 2 heterocycles. The number of nitrogen functional groups attached to an aromatic ring is 1. The van der Waals surface area contributed by atoms with Gasteiger partial charge in [-0.2, -0.15) is 0 Å². The van der Waals surface area contributed by atoms with Crippen molar-refractivity contribution in [2.75, 3.05) is 17.7 Å². The summed E-state index contributed by atoms with van der Waals surface area (Å²) in [6, 6.07) is 2.48. The summed E-state index contributed by atoms with van der Waals surface area (Å²) >= 11 is 0. The summed E-state index contributed by atoms with van der Waals surface area (Å²) in [4.78, 5) is 5.20. The molecule has 17 heavy (non-hydrogen) atoms. The lowest BCUT2D eigenvalue weighted by Gasteiger charge is -2.18. The Hall–Kier alpha value is -2.11. The Balaban J connectivity index is 2.24. The Morgan fingerprint density at radius 3 is 2.82 bits per heavy atom. The first-order valence-corrected chi connectivity index (χ1v) is 4.91. The van der Waals surface area contributed by atoms with Crippen molar-refractivity contribution in [2.45, 2.75) is 6.54 Å². The second-order valence-electron chi connectivity index (χ2n) is 3.65. The van der Waals surface area contributed by atoms with Gasteiger partial charge in [-0.05, 0) is 6.07 Å². The summed E-state index contributed by atoms with van der Waals surface area (Å²) in [7, 11) is 1.63. The summed E-state index contributed by atoms with van der Waals surface area (Å²) in [6.07, 6.45) is 3.06. The minimum atomic E-state index is -0.858. The lowest BCUT2D eigenvalue weighted by molar-refractivity contribution is 0.561. The number of halogens is 2. The molecule has 2 aromatic heterocycles. The molecule has 0 unspecified atom stereocenters. The van der Waals surface area contributed by atoms with Crippen LogP contribution in [0.3, 0.4) is 0 Å². The fourth-order valence-electron chi connectivity index (χ4n) is 1.47. The Morgan fingerprint density at radius 2 is 2.18 bits per heavy atom. The highest BCUT2D eigenvalue weighted by Gasteiger charge is 2.14. The Morgan fingerprint density at radius 1 is 1.41 bits per heavy atom. The lowest BCUT2D eigenvalue weighted by atomic mass is 10.3. The van der Waals surface area contributed by atoms with E-state index < -0.39 is 11.6 Å².